The largest absolute Gasteiger partial charge is 0.478 e. The Kier molecular flexibility index (Phi) is 6.08. The van der Waals surface area contributed by atoms with Gasteiger partial charge in [0.05, 0.1) is 5.56 Å². The van der Waals surface area contributed by atoms with Gasteiger partial charge in [0.15, 0.2) is 0 Å². The van der Waals surface area contributed by atoms with Gasteiger partial charge >= 0.3 is 5.97 Å². The van der Waals surface area contributed by atoms with Gasteiger partial charge in [-0.25, -0.2) is 4.79 Å². The zero-order valence-corrected chi connectivity index (χ0v) is 24.9. The molecule has 11 nitrogen and oxygen atoms in total. The average molecular weight is 633 g/mol. The number of amides is 3. The Labute approximate surface area is 271 Å². The van der Waals surface area contributed by atoms with Gasteiger partial charge in [0.1, 0.15) is 5.84 Å². The molecule has 9 N–H and O–H groups in total. The van der Waals surface area contributed by atoms with Crippen molar-refractivity contribution in [2.75, 3.05) is 22.1 Å². The number of anilines is 4. The average Bonchev–Trinajstić information content (AvgIpc) is 3.05. The smallest absolute Gasteiger partial charge is 0.336 e. The second kappa shape index (κ2) is 10.3. The summed E-state index contributed by atoms with van der Waals surface area (Å²) >= 11 is 0. The molecular weight excluding hydrogens is 608 g/mol. The van der Waals surface area contributed by atoms with Crippen molar-refractivity contribution in [2.45, 2.75) is 0 Å². The molecule has 7 aromatic carbocycles. The zero-order valence-electron chi connectivity index (χ0n) is 24.9. The molecule has 7 aromatic rings. The monoisotopic (exact) mass is 632 g/mol. The molecule has 0 spiro atoms. The molecule has 0 unspecified atom stereocenters. The number of carbonyl (C=O) groups is 4. The maximum atomic E-state index is 14.1. The number of nitrogens with two attached hydrogens (primary N) is 2. The van der Waals surface area contributed by atoms with Crippen molar-refractivity contribution >= 4 is 95.4 Å². The number of nitrogens with one attached hydrogen (secondary N) is 4. The maximum absolute atomic E-state index is 14.1. The Hall–Kier alpha value is -7.01. The first kappa shape index (κ1) is 28.5. The van der Waals surface area contributed by atoms with Gasteiger partial charge < -0.3 is 27.2 Å². The Morgan fingerprint density at radius 3 is 1.81 bits per heavy atom. The fraction of sp³-hybridized carbons (Fsp3) is 0. The third-order valence-corrected chi connectivity index (χ3v) is 8.76. The zero-order chi connectivity index (χ0) is 33.4. The second-order valence-electron chi connectivity index (χ2n) is 11.6. The van der Waals surface area contributed by atoms with E-state index in [1.165, 1.54) is 6.07 Å². The van der Waals surface area contributed by atoms with Gasteiger partial charge in [-0.3, -0.25) is 25.1 Å². The molecule has 1 aliphatic heterocycles. The topological polar surface area (TPSA) is 200 Å². The molecule has 0 bridgehead atoms. The summed E-state index contributed by atoms with van der Waals surface area (Å²) in [7, 11) is 0. The highest BCUT2D eigenvalue weighted by atomic mass is 16.4. The van der Waals surface area contributed by atoms with Crippen LogP contribution < -0.4 is 27.4 Å². The first-order chi connectivity index (χ1) is 23.1. The predicted octanol–water partition coefficient (Wildman–Crippen LogP) is 6.17. The lowest BCUT2D eigenvalue weighted by Gasteiger charge is -2.23. The van der Waals surface area contributed by atoms with Gasteiger partial charge in [-0.1, -0.05) is 30.3 Å². The van der Waals surface area contributed by atoms with Gasteiger partial charge in [-0.05, 0) is 87.6 Å². The number of aromatic carboxylic acids is 1. The molecule has 48 heavy (non-hydrogen) atoms. The molecule has 1 aliphatic rings. The highest BCUT2D eigenvalue weighted by Crippen LogP contribution is 2.46. The van der Waals surface area contributed by atoms with Crippen LogP contribution in [0.3, 0.4) is 0 Å². The number of carbonyl (C=O) groups excluding carboxylic acids is 3. The van der Waals surface area contributed by atoms with Crippen LogP contribution in [0.15, 0.2) is 91.0 Å². The summed E-state index contributed by atoms with van der Waals surface area (Å²) in [6.07, 6.45) is 0. The van der Waals surface area contributed by atoms with Gasteiger partial charge in [-0.15, -0.1) is 0 Å². The normalized spacial score (nSPS) is 12.5. The number of fused-ring (bicyclic) bond motifs is 2. The number of carboxylic acids is 1. The first-order valence-corrected chi connectivity index (χ1v) is 14.8. The molecule has 8 rings (SSSR count). The minimum atomic E-state index is -1.26. The highest BCUT2D eigenvalue weighted by molar-refractivity contribution is 6.42. The number of rotatable bonds is 5. The van der Waals surface area contributed by atoms with Gasteiger partial charge in [0, 0.05) is 61.2 Å². The maximum Gasteiger partial charge on any atom is 0.336 e. The number of imide groups is 1. The predicted molar refractivity (Wildman–Crippen MR) is 187 cm³/mol. The molecular formula is C37H24N6O5. The molecule has 0 aliphatic carbocycles. The van der Waals surface area contributed by atoms with Gasteiger partial charge in [0.2, 0.25) is 0 Å². The number of hydrogen-bond donors (Lipinski definition) is 7. The first-order valence-electron chi connectivity index (χ1n) is 14.8. The quantitative estimate of drug-likeness (QED) is 0.0291. The lowest BCUT2D eigenvalue weighted by atomic mass is 9.81. The van der Waals surface area contributed by atoms with Crippen molar-refractivity contribution in [3.8, 4) is 0 Å². The van der Waals surface area contributed by atoms with E-state index in [0.29, 0.717) is 77.0 Å². The molecule has 0 saturated heterocycles. The molecule has 0 radical (unpaired) electrons. The Morgan fingerprint density at radius 2 is 1.19 bits per heavy atom. The second-order valence-corrected chi connectivity index (χ2v) is 11.6. The summed E-state index contributed by atoms with van der Waals surface area (Å²) in [5.74, 6) is -3.02. The van der Waals surface area contributed by atoms with Crippen LogP contribution in [-0.2, 0) is 0 Å². The van der Waals surface area contributed by atoms with E-state index in [-0.39, 0.29) is 22.5 Å². The number of carboxylic acid groups (broad SMARTS) is 1. The van der Waals surface area contributed by atoms with Crippen molar-refractivity contribution in [1.29, 1.82) is 5.41 Å². The van der Waals surface area contributed by atoms with Crippen LogP contribution >= 0.6 is 0 Å². The molecule has 0 atom stereocenters. The summed E-state index contributed by atoms with van der Waals surface area (Å²) in [5.41, 5.74) is 14.6. The molecule has 0 aromatic heterocycles. The van der Waals surface area contributed by atoms with Crippen LogP contribution in [0.1, 0.15) is 47.0 Å². The fourth-order valence-corrected chi connectivity index (χ4v) is 6.81. The number of nitrogen functional groups attached to an aromatic ring is 2. The van der Waals surface area contributed by atoms with E-state index in [0.717, 1.165) is 0 Å². The summed E-state index contributed by atoms with van der Waals surface area (Å²) in [6.45, 7) is 0. The molecule has 1 heterocycles. The van der Waals surface area contributed by atoms with E-state index in [1.54, 1.807) is 84.9 Å². The van der Waals surface area contributed by atoms with Crippen LogP contribution in [0.25, 0.3) is 43.1 Å². The Bertz CT molecular complexity index is 2610. The summed E-state index contributed by atoms with van der Waals surface area (Å²) in [6, 6.07) is 24.8. The molecule has 232 valence electrons. The van der Waals surface area contributed by atoms with Crippen LogP contribution in [0, 0.1) is 5.41 Å². The number of amidine groups is 1. The molecule has 0 saturated carbocycles. The lowest BCUT2D eigenvalue weighted by Crippen LogP contribution is -2.34. The molecule has 0 fully saturated rings. The van der Waals surface area contributed by atoms with E-state index >= 15 is 0 Å². The van der Waals surface area contributed by atoms with Gasteiger partial charge in [-0.2, -0.15) is 0 Å². The van der Waals surface area contributed by atoms with E-state index in [1.807, 2.05) is 0 Å². The third kappa shape index (κ3) is 4.18. The Morgan fingerprint density at radius 1 is 0.604 bits per heavy atom. The summed E-state index contributed by atoms with van der Waals surface area (Å²) in [4.78, 5) is 52.9. The van der Waals surface area contributed by atoms with Crippen molar-refractivity contribution in [3.05, 3.63) is 119 Å². The van der Waals surface area contributed by atoms with Crippen LogP contribution in [0.2, 0.25) is 0 Å². The standard InChI is InChI=1S/C37H24N6O5/c38-16-3-1-5-18(13-16)41-33(40)26-15-27(37(47)48)29-22-9-12-24-30-23(35(45)43-36(24)46)10-7-20(28(22)30)21-8-11-25(31(26)32(21)29)34(44)42-19-6-2-4-17(39)14-19/h1-15H,38-39H2,(H2,40,41)(H,42,44)(H,47,48)(H,43,45,46). The van der Waals surface area contributed by atoms with E-state index in [9.17, 15) is 29.7 Å². The van der Waals surface area contributed by atoms with Crippen LogP contribution in [0.5, 0.6) is 0 Å². The van der Waals surface area contributed by atoms with Crippen molar-refractivity contribution in [2.24, 2.45) is 0 Å². The minimum absolute atomic E-state index is 0.121. The van der Waals surface area contributed by atoms with Gasteiger partial charge in [0.25, 0.3) is 17.7 Å². The SMILES string of the molecule is N=C(Nc1cccc(N)c1)c1cc(C(=O)O)c2c3ccc4c5c(ccc(c6ccc(C(=O)Nc7cccc(N)c7)c1c62)c53)C(=O)NC4=O. The van der Waals surface area contributed by atoms with E-state index in [4.69, 9.17) is 11.5 Å². The third-order valence-electron chi connectivity index (χ3n) is 8.76. The number of benzene rings is 7. The van der Waals surface area contributed by atoms with Crippen molar-refractivity contribution in [1.82, 2.24) is 5.32 Å². The Balaban J connectivity index is 1.50. The van der Waals surface area contributed by atoms with Crippen molar-refractivity contribution < 1.29 is 24.3 Å². The van der Waals surface area contributed by atoms with Crippen LogP contribution in [0.4, 0.5) is 22.7 Å². The minimum Gasteiger partial charge on any atom is -0.478 e. The highest BCUT2D eigenvalue weighted by Gasteiger charge is 2.30. The summed E-state index contributed by atoms with van der Waals surface area (Å²) in [5, 5.41) is 31.9. The summed E-state index contributed by atoms with van der Waals surface area (Å²) < 4.78 is 0. The number of hydrogen-bond acceptors (Lipinski definition) is 7. The fourth-order valence-electron chi connectivity index (χ4n) is 6.81. The lowest BCUT2D eigenvalue weighted by molar-refractivity contribution is 0.0697. The van der Waals surface area contributed by atoms with Crippen molar-refractivity contribution in [3.63, 3.8) is 0 Å². The molecule has 3 amide bonds. The molecule has 11 heteroatoms. The van der Waals surface area contributed by atoms with E-state index in [2.05, 4.69) is 16.0 Å². The van der Waals surface area contributed by atoms with E-state index < -0.39 is 23.7 Å². The van der Waals surface area contributed by atoms with Crippen LogP contribution in [-0.4, -0.2) is 34.6 Å².